The maximum atomic E-state index is 12.5. The quantitative estimate of drug-likeness (QED) is 0.0576. The molecule has 4 aromatic carbocycles. The third kappa shape index (κ3) is 12.5. The molecule has 0 aliphatic heterocycles. The first kappa shape index (κ1) is 45.0. The Morgan fingerprint density at radius 2 is 0.700 bits per heavy atom. The normalized spacial score (nSPS) is 11.4. The second-order valence-corrected chi connectivity index (χ2v) is 15.0. The summed E-state index contributed by atoms with van der Waals surface area (Å²) in [6.07, 6.45) is 0.111. The van der Waals surface area contributed by atoms with Gasteiger partial charge in [-0.15, -0.1) is 0 Å². The van der Waals surface area contributed by atoms with Gasteiger partial charge in [-0.3, -0.25) is 19.2 Å². The second kappa shape index (κ2) is 21.3. The summed E-state index contributed by atoms with van der Waals surface area (Å²) >= 11 is 0. The van der Waals surface area contributed by atoms with Gasteiger partial charge in [0.15, 0.2) is 0 Å². The number of hydrogen-bond acceptors (Lipinski definition) is 10. The molecular formula is C46H54N6O8. The van der Waals surface area contributed by atoms with E-state index in [0.717, 1.165) is 32.3 Å². The van der Waals surface area contributed by atoms with Crippen molar-refractivity contribution in [1.82, 2.24) is 31.2 Å². The number of rotatable bonds is 16. The highest BCUT2D eigenvalue weighted by Crippen LogP contribution is 2.28. The van der Waals surface area contributed by atoms with Gasteiger partial charge in [-0.25, -0.2) is 9.97 Å². The van der Waals surface area contributed by atoms with Gasteiger partial charge in [-0.2, -0.15) is 0 Å². The molecular weight excluding hydrogens is 765 g/mol. The van der Waals surface area contributed by atoms with E-state index in [0.29, 0.717) is 22.2 Å². The Morgan fingerprint density at radius 1 is 0.417 bits per heavy atom. The Balaban J connectivity index is 0.000000228. The van der Waals surface area contributed by atoms with E-state index in [-0.39, 0.29) is 86.4 Å². The summed E-state index contributed by atoms with van der Waals surface area (Å²) in [4.78, 5) is 58.8. The fraction of sp³-hybridized carbons (Fsp3) is 0.348. The first-order valence-corrected chi connectivity index (χ1v) is 20.0. The van der Waals surface area contributed by atoms with Gasteiger partial charge in [-0.05, 0) is 113 Å². The Bertz CT molecular complexity index is 2130. The van der Waals surface area contributed by atoms with Crippen molar-refractivity contribution in [3.05, 3.63) is 107 Å². The Hall–Kier alpha value is -6.06. The first-order valence-electron chi connectivity index (χ1n) is 20.0. The molecule has 316 valence electrons. The Labute approximate surface area is 349 Å². The van der Waals surface area contributed by atoms with Gasteiger partial charge >= 0.3 is 0 Å². The van der Waals surface area contributed by atoms with E-state index in [4.69, 9.17) is 18.9 Å². The Morgan fingerprint density at radius 3 is 1.03 bits per heavy atom. The SMILES string of the molecule is CC(C)OCNC(=O)c1ccc2ccc3ccc(C(=O)NCOC(C)C)cc3c2c1.CC(C)OCNC(=O)c1ccc2ccc3ccc(C(=O)NCOC(C)C)nc3c2n1. The lowest BCUT2D eigenvalue weighted by atomic mass is 9.98. The number of carbonyl (C=O) groups is 4. The van der Waals surface area contributed by atoms with Crippen LogP contribution in [0.3, 0.4) is 0 Å². The van der Waals surface area contributed by atoms with Crippen LogP contribution in [-0.2, 0) is 18.9 Å². The molecule has 0 bridgehead atoms. The molecule has 14 nitrogen and oxygen atoms in total. The summed E-state index contributed by atoms with van der Waals surface area (Å²) in [7, 11) is 0. The van der Waals surface area contributed by atoms with Crippen molar-refractivity contribution >= 4 is 67.0 Å². The molecule has 0 saturated heterocycles. The maximum Gasteiger partial charge on any atom is 0.271 e. The zero-order chi connectivity index (χ0) is 43.3. The fourth-order valence-corrected chi connectivity index (χ4v) is 5.83. The van der Waals surface area contributed by atoms with Crippen LogP contribution in [0.15, 0.2) is 84.9 Å². The van der Waals surface area contributed by atoms with Gasteiger partial charge in [0, 0.05) is 21.9 Å². The third-order valence-electron chi connectivity index (χ3n) is 8.95. The third-order valence-corrected chi connectivity index (χ3v) is 8.95. The van der Waals surface area contributed by atoms with Gasteiger partial charge < -0.3 is 40.2 Å². The van der Waals surface area contributed by atoms with E-state index >= 15 is 0 Å². The van der Waals surface area contributed by atoms with Crippen LogP contribution in [0.4, 0.5) is 0 Å². The predicted octanol–water partition coefficient (Wildman–Crippen LogP) is 7.23. The molecule has 0 radical (unpaired) electrons. The molecule has 6 rings (SSSR count). The minimum absolute atomic E-state index is 0.0125. The average molecular weight is 819 g/mol. The number of hydrogen-bond donors (Lipinski definition) is 4. The van der Waals surface area contributed by atoms with Crippen molar-refractivity contribution < 1.29 is 38.1 Å². The van der Waals surface area contributed by atoms with Crippen molar-refractivity contribution in [3.8, 4) is 0 Å². The standard InChI is InChI=1S/C24H28N2O4.C22H26N4O4/c1-15(2)29-13-25-23(27)19-9-7-17-5-6-18-8-10-20(12-22(18)21(17)11-19)24(28)26-14-30-16(3)4;1-13(2)29-11-23-21(27)17-9-7-15-5-6-16-8-10-18(26-20(16)19(15)25-17)22(28)24-12-30-14(3)4/h5-12,15-16H,13-14H2,1-4H3,(H,25,27)(H,26,28);5-10,13-14H,11-12H2,1-4H3,(H,23,27)(H,24,28). The molecule has 0 aliphatic carbocycles. The van der Waals surface area contributed by atoms with Gasteiger partial charge in [0.1, 0.15) is 38.3 Å². The molecule has 2 aromatic heterocycles. The monoisotopic (exact) mass is 818 g/mol. The zero-order valence-corrected chi connectivity index (χ0v) is 35.4. The summed E-state index contributed by atoms with van der Waals surface area (Å²) in [6, 6.07) is 25.9. The number of ether oxygens (including phenoxy) is 4. The summed E-state index contributed by atoms with van der Waals surface area (Å²) in [6.45, 7) is 15.7. The van der Waals surface area contributed by atoms with Crippen LogP contribution in [0.1, 0.15) is 97.1 Å². The van der Waals surface area contributed by atoms with E-state index in [9.17, 15) is 19.2 Å². The number of fused-ring (bicyclic) bond motifs is 6. The summed E-state index contributed by atoms with van der Waals surface area (Å²) in [5, 5.41) is 16.4. The smallest absolute Gasteiger partial charge is 0.271 e. The van der Waals surface area contributed by atoms with Crippen molar-refractivity contribution in [2.24, 2.45) is 0 Å². The first-order chi connectivity index (χ1) is 28.7. The summed E-state index contributed by atoms with van der Waals surface area (Å²) in [5.41, 5.74) is 2.70. The molecule has 0 atom stereocenters. The minimum atomic E-state index is -0.339. The number of aromatic nitrogens is 2. The number of benzene rings is 4. The molecule has 4 amide bonds. The molecule has 60 heavy (non-hydrogen) atoms. The Kier molecular flexibility index (Phi) is 16.0. The van der Waals surface area contributed by atoms with Crippen molar-refractivity contribution in [3.63, 3.8) is 0 Å². The van der Waals surface area contributed by atoms with E-state index in [1.54, 1.807) is 24.3 Å². The van der Waals surface area contributed by atoms with E-state index in [1.807, 2.05) is 116 Å². The minimum Gasteiger partial charge on any atom is -0.359 e. The van der Waals surface area contributed by atoms with Gasteiger partial charge in [0.05, 0.1) is 35.4 Å². The average Bonchev–Trinajstić information content (AvgIpc) is 3.22. The lowest BCUT2D eigenvalue weighted by molar-refractivity contribution is 0.0550. The lowest BCUT2D eigenvalue weighted by Gasteiger charge is -2.11. The molecule has 2 heterocycles. The molecule has 4 N–H and O–H groups in total. The molecule has 0 fully saturated rings. The van der Waals surface area contributed by atoms with Crippen molar-refractivity contribution in [2.75, 3.05) is 26.9 Å². The van der Waals surface area contributed by atoms with Crippen LogP contribution < -0.4 is 21.3 Å². The molecule has 0 saturated carbocycles. The van der Waals surface area contributed by atoms with Crippen molar-refractivity contribution in [2.45, 2.75) is 79.8 Å². The van der Waals surface area contributed by atoms with Crippen LogP contribution in [0.5, 0.6) is 0 Å². The van der Waals surface area contributed by atoms with E-state index < -0.39 is 0 Å². The van der Waals surface area contributed by atoms with Crippen LogP contribution in [0.25, 0.3) is 43.4 Å². The topological polar surface area (TPSA) is 179 Å². The van der Waals surface area contributed by atoms with Gasteiger partial charge in [0.25, 0.3) is 23.6 Å². The fourth-order valence-electron chi connectivity index (χ4n) is 5.83. The van der Waals surface area contributed by atoms with Gasteiger partial charge in [0.2, 0.25) is 0 Å². The number of amides is 4. The lowest BCUT2D eigenvalue weighted by Crippen LogP contribution is -2.28. The van der Waals surface area contributed by atoms with Crippen LogP contribution >= 0.6 is 0 Å². The molecule has 0 aliphatic rings. The summed E-state index contributed by atoms with van der Waals surface area (Å²) in [5.74, 6) is -1.08. The molecule has 14 heteroatoms. The molecule has 0 unspecified atom stereocenters. The number of carbonyl (C=O) groups excluding carboxylic acids is 4. The molecule has 0 spiro atoms. The highest BCUT2D eigenvalue weighted by Gasteiger charge is 2.15. The van der Waals surface area contributed by atoms with E-state index in [1.165, 1.54) is 0 Å². The second-order valence-electron chi connectivity index (χ2n) is 15.0. The van der Waals surface area contributed by atoms with Crippen LogP contribution in [0.2, 0.25) is 0 Å². The highest BCUT2D eigenvalue weighted by atomic mass is 16.5. The van der Waals surface area contributed by atoms with Crippen LogP contribution in [0, 0.1) is 0 Å². The predicted molar refractivity (Wildman–Crippen MR) is 233 cm³/mol. The van der Waals surface area contributed by atoms with Crippen LogP contribution in [-0.4, -0.2) is 84.9 Å². The van der Waals surface area contributed by atoms with E-state index in [2.05, 4.69) is 31.2 Å². The van der Waals surface area contributed by atoms with Gasteiger partial charge in [-0.1, -0.05) is 48.5 Å². The van der Waals surface area contributed by atoms with Crippen molar-refractivity contribution in [1.29, 1.82) is 0 Å². The summed E-state index contributed by atoms with van der Waals surface area (Å²) < 4.78 is 21.5. The maximum absolute atomic E-state index is 12.5. The zero-order valence-electron chi connectivity index (χ0n) is 35.4. The highest BCUT2D eigenvalue weighted by molar-refractivity contribution is 6.12. The number of nitrogens with zero attached hydrogens (tertiary/aromatic N) is 2. The molecule has 6 aromatic rings. The largest absolute Gasteiger partial charge is 0.359 e. The number of pyridine rings is 2. The number of nitrogens with one attached hydrogen (secondary N) is 4.